The summed E-state index contributed by atoms with van der Waals surface area (Å²) in [6.45, 7) is 4.62. The number of thioether (sulfide) groups is 1. The van der Waals surface area contributed by atoms with Crippen LogP contribution in [0.15, 0.2) is 66.0 Å². The Morgan fingerprint density at radius 1 is 1.12 bits per heavy atom. The Labute approximate surface area is 190 Å². The van der Waals surface area contributed by atoms with Gasteiger partial charge in [-0.05, 0) is 49.2 Å². The summed E-state index contributed by atoms with van der Waals surface area (Å²) in [4.78, 5) is 33.3. The van der Waals surface area contributed by atoms with Crippen molar-refractivity contribution in [2.45, 2.75) is 37.4 Å². The topological polar surface area (TPSA) is 86.4 Å². The van der Waals surface area contributed by atoms with Crippen LogP contribution in [0.5, 0.6) is 0 Å². The molecule has 0 aliphatic carbocycles. The van der Waals surface area contributed by atoms with Crippen molar-refractivity contribution in [1.82, 2.24) is 14.8 Å². The van der Waals surface area contributed by atoms with Crippen LogP contribution < -0.4 is 0 Å². The molecule has 1 aromatic carbocycles. The number of aromatic nitrogens is 3. The van der Waals surface area contributed by atoms with Crippen LogP contribution >= 0.6 is 11.8 Å². The summed E-state index contributed by atoms with van der Waals surface area (Å²) in [7, 11) is 0. The molecule has 0 spiro atoms. The Morgan fingerprint density at radius 3 is 2.66 bits per heavy atom. The van der Waals surface area contributed by atoms with Crippen molar-refractivity contribution in [3.8, 4) is 0 Å². The maximum absolute atomic E-state index is 12.8. The molecule has 1 aliphatic heterocycles. The van der Waals surface area contributed by atoms with Crippen LogP contribution in [0.25, 0.3) is 0 Å². The average molecular weight is 449 g/mol. The van der Waals surface area contributed by atoms with E-state index in [0.29, 0.717) is 25.1 Å². The van der Waals surface area contributed by atoms with Crippen LogP contribution in [0.4, 0.5) is 0 Å². The predicted octanol–water partition coefficient (Wildman–Crippen LogP) is 3.89. The molecule has 164 valence electrons. The molecular weight excluding hydrogens is 424 g/mol. The number of carbonyl (C=O) groups is 2. The van der Waals surface area contributed by atoms with Crippen molar-refractivity contribution in [3.63, 3.8) is 0 Å². The third kappa shape index (κ3) is 5.13. The van der Waals surface area contributed by atoms with Gasteiger partial charge in [-0.15, -0.1) is 11.8 Å². The van der Waals surface area contributed by atoms with Gasteiger partial charge in [0.25, 0.3) is 0 Å². The van der Waals surface area contributed by atoms with E-state index in [4.69, 9.17) is 4.74 Å². The number of hydrogen-bond donors (Lipinski definition) is 0. The molecule has 0 N–H and O–H groups in total. The van der Waals surface area contributed by atoms with E-state index in [1.807, 2.05) is 48.1 Å². The molecule has 0 amide bonds. The van der Waals surface area contributed by atoms with E-state index >= 15 is 0 Å². The molecule has 3 heterocycles. The second-order valence-corrected chi connectivity index (χ2v) is 8.69. The number of rotatable bonds is 8. The van der Waals surface area contributed by atoms with Gasteiger partial charge in [-0.1, -0.05) is 18.2 Å². The van der Waals surface area contributed by atoms with Crippen LogP contribution in [0.3, 0.4) is 0 Å². The first-order chi connectivity index (χ1) is 15.5. The number of aliphatic imine (C=N–C) groups is 1. The van der Waals surface area contributed by atoms with Crippen LogP contribution in [0.2, 0.25) is 0 Å². The Balaban J connectivity index is 1.37. The quantitative estimate of drug-likeness (QED) is 0.486. The Bertz CT molecular complexity index is 1130. The highest BCUT2D eigenvalue weighted by atomic mass is 32.2. The SMILES string of the molecule is CCOC(=O)c1ccc(Cn2ccc(C3N=C(C)C(C(=O)Cc4cccnc4)S3)n2)cc1. The van der Waals surface area contributed by atoms with Gasteiger partial charge >= 0.3 is 5.97 Å². The van der Waals surface area contributed by atoms with E-state index < -0.39 is 0 Å². The van der Waals surface area contributed by atoms with E-state index in [9.17, 15) is 9.59 Å². The van der Waals surface area contributed by atoms with Crippen LogP contribution in [0, 0.1) is 0 Å². The predicted molar refractivity (Wildman–Crippen MR) is 124 cm³/mol. The highest BCUT2D eigenvalue weighted by molar-refractivity contribution is 8.02. The lowest BCUT2D eigenvalue weighted by Gasteiger charge is -2.10. The number of ether oxygens (including phenoxy) is 1. The maximum Gasteiger partial charge on any atom is 0.338 e. The monoisotopic (exact) mass is 448 g/mol. The summed E-state index contributed by atoms with van der Waals surface area (Å²) in [5, 5.41) is 4.21. The van der Waals surface area contributed by atoms with Crippen LogP contribution in [-0.4, -0.2) is 44.1 Å². The smallest absolute Gasteiger partial charge is 0.338 e. The summed E-state index contributed by atoms with van der Waals surface area (Å²) in [5.74, 6) is -0.188. The number of esters is 1. The summed E-state index contributed by atoms with van der Waals surface area (Å²) >= 11 is 1.53. The first-order valence-electron chi connectivity index (χ1n) is 10.4. The van der Waals surface area contributed by atoms with Gasteiger partial charge in [-0.25, -0.2) is 4.79 Å². The molecule has 2 atom stereocenters. The van der Waals surface area contributed by atoms with Gasteiger partial charge in [0.05, 0.1) is 24.4 Å². The molecular formula is C24H24N4O3S. The molecule has 0 saturated heterocycles. The van der Waals surface area contributed by atoms with Crippen molar-refractivity contribution in [1.29, 1.82) is 0 Å². The molecule has 0 fully saturated rings. The lowest BCUT2D eigenvalue weighted by atomic mass is 10.1. The van der Waals surface area contributed by atoms with Crippen molar-refractivity contribution in [2.24, 2.45) is 4.99 Å². The first-order valence-corrected chi connectivity index (χ1v) is 11.4. The Morgan fingerprint density at radius 2 is 1.94 bits per heavy atom. The number of ketones is 1. The molecule has 3 aromatic rings. The minimum atomic E-state index is -0.320. The van der Waals surface area contributed by atoms with Crippen molar-refractivity contribution >= 4 is 29.2 Å². The van der Waals surface area contributed by atoms with E-state index in [2.05, 4.69) is 15.1 Å². The molecule has 7 nitrogen and oxygen atoms in total. The highest BCUT2D eigenvalue weighted by Gasteiger charge is 2.33. The van der Waals surface area contributed by atoms with Gasteiger partial charge in [-0.3, -0.25) is 19.5 Å². The Kier molecular flexibility index (Phi) is 6.80. The standard InChI is InChI=1S/C24H24N4O3S/c1-3-31-24(30)19-8-6-17(7-9-19)15-28-12-10-20(27-28)23-26-16(2)22(32-23)21(29)13-18-5-4-11-25-14-18/h4-12,14,22-23H,3,13,15H2,1-2H3. The fraction of sp³-hybridized carbons (Fsp3) is 0.292. The van der Waals surface area contributed by atoms with Gasteiger partial charge in [0, 0.05) is 30.7 Å². The fourth-order valence-corrected chi connectivity index (χ4v) is 4.74. The molecule has 0 bridgehead atoms. The van der Waals surface area contributed by atoms with E-state index in [-0.39, 0.29) is 22.4 Å². The van der Waals surface area contributed by atoms with Crippen LogP contribution in [0.1, 0.15) is 46.4 Å². The number of pyridine rings is 1. The highest BCUT2D eigenvalue weighted by Crippen LogP contribution is 2.39. The number of carbonyl (C=O) groups excluding carboxylic acids is 2. The number of hydrogen-bond acceptors (Lipinski definition) is 7. The summed E-state index contributed by atoms with van der Waals surface area (Å²) < 4.78 is 6.85. The summed E-state index contributed by atoms with van der Waals surface area (Å²) in [5.41, 5.74) is 4.13. The minimum Gasteiger partial charge on any atom is -0.462 e. The molecule has 32 heavy (non-hydrogen) atoms. The average Bonchev–Trinajstić information content (AvgIpc) is 3.41. The van der Waals surface area contributed by atoms with E-state index in [0.717, 1.165) is 22.5 Å². The van der Waals surface area contributed by atoms with Crippen molar-refractivity contribution in [2.75, 3.05) is 6.61 Å². The second kappa shape index (κ2) is 9.91. The van der Waals surface area contributed by atoms with Crippen molar-refractivity contribution < 1.29 is 14.3 Å². The Hall–Kier alpha value is -3.26. The lowest BCUT2D eigenvalue weighted by molar-refractivity contribution is -0.116. The zero-order valence-electron chi connectivity index (χ0n) is 18.0. The summed E-state index contributed by atoms with van der Waals surface area (Å²) in [6.07, 6.45) is 5.68. The molecule has 2 aromatic heterocycles. The van der Waals surface area contributed by atoms with E-state index in [1.165, 1.54) is 11.8 Å². The van der Waals surface area contributed by atoms with Gasteiger partial charge in [0.1, 0.15) is 10.6 Å². The third-order valence-corrected chi connectivity index (χ3v) is 6.56. The minimum absolute atomic E-state index is 0.132. The molecule has 8 heteroatoms. The van der Waals surface area contributed by atoms with E-state index in [1.54, 1.807) is 31.5 Å². The fourth-order valence-electron chi connectivity index (χ4n) is 3.50. The number of Topliss-reactive ketones (excluding diaryl/α,β-unsaturated/α-hetero) is 1. The van der Waals surface area contributed by atoms with Crippen LogP contribution in [-0.2, 0) is 22.5 Å². The molecule has 1 aliphatic rings. The van der Waals surface area contributed by atoms with Gasteiger partial charge in [0.15, 0.2) is 5.78 Å². The maximum atomic E-state index is 12.8. The number of nitrogens with zero attached hydrogens (tertiary/aromatic N) is 4. The van der Waals surface area contributed by atoms with Gasteiger partial charge < -0.3 is 4.74 Å². The molecule has 4 rings (SSSR count). The zero-order valence-corrected chi connectivity index (χ0v) is 18.8. The normalized spacial score (nSPS) is 17.8. The largest absolute Gasteiger partial charge is 0.462 e. The molecule has 0 radical (unpaired) electrons. The zero-order chi connectivity index (χ0) is 22.5. The van der Waals surface area contributed by atoms with Gasteiger partial charge in [-0.2, -0.15) is 5.10 Å². The second-order valence-electron chi connectivity index (χ2n) is 7.50. The summed E-state index contributed by atoms with van der Waals surface area (Å²) in [6, 6.07) is 13.0. The lowest BCUT2D eigenvalue weighted by Crippen LogP contribution is -2.24. The van der Waals surface area contributed by atoms with Gasteiger partial charge in [0.2, 0.25) is 0 Å². The third-order valence-electron chi connectivity index (χ3n) is 5.08. The molecule has 2 unspecified atom stereocenters. The number of benzene rings is 1. The molecule has 0 saturated carbocycles. The first kappa shape index (κ1) is 22.0. The van der Waals surface area contributed by atoms with Crippen molar-refractivity contribution in [3.05, 3.63) is 83.4 Å².